The average molecular weight is 1020 g/mol. The van der Waals surface area contributed by atoms with Crippen LogP contribution in [-0.4, -0.2) is 120 Å². The third-order valence-corrected chi connectivity index (χ3v) is 15.1. The van der Waals surface area contributed by atoms with E-state index in [1.807, 2.05) is 74.0 Å². The molecule has 3 aromatic heterocycles. The Balaban J connectivity index is 0.839. The number of amides is 3. The van der Waals surface area contributed by atoms with Crippen molar-refractivity contribution in [3.63, 3.8) is 0 Å². The number of aryl methyl sites for hydroxylation is 1. The molecular formula is C50H56BrN12O5P. The lowest BCUT2D eigenvalue weighted by Crippen LogP contribution is -2.52. The molecule has 3 amide bonds. The number of carbonyl (C=O) groups excluding carboxylic acids is 3. The number of piperidine rings is 2. The number of nitrogens with one attached hydrogen (secondary N) is 4. The maximum atomic E-state index is 13.6. The number of aromatic nitrogens is 5. The summed E-state index contributed by atoms with van der Waals surface area (Å²) in [4.78, 5) is 57.6. The molecule has 6 heterocycles. The van der Waals surface area contributed by atoms with Crippen LogP contribution in [0.4, 0.5) is 34.5 Å². The van der Waals surface area contributed by atoms with E-state index in [1.54, 1.807) is 43.6 Å². The van der Waals surface area contributed by atoms with Crippen molar-refractivity contribution < 1.29 is 23.7 Å². The highest BCUT2D eigenvalue weighted by Crippen LogP contribution is 2.43. The molecule has 9 rings (SSSR count). The Kier molecular flexibility index (Phi) is 14.1. The molecule has 3 saturated heterocycles. The first-order valence-corrected chi connectivity index (χ1v) is 26.5. The minimum Gasteiger partial charge on any atom is -0.494 e. The fourth-order valence-electron chi connectivity index (χ4n) is 9.23. The van der Waals surface area contributed by atoms with Crippen LogP contribution in [0.25, 0.3) is 22.3 Å². The van der Waals surface area contributed by atoms with Crippen LogP contribution in [0.3, 0.4) is 0 Å². The second-order valence-corrected chi connectivity index (χ2v) is 22.2. The lowest BCUT2D eigenvalue weighted by atomic mass is 9.95. The monoisotopic (exact) mass is 1010 g/mol. The van der Waals surface area contributed by atoms with E-state index >= 15 is 0 Å². The SMILES string of the molecule is COc1cc(N2CCN(CC3CCN(c4ccc(C(=O)NC5CCC(=O)NC5=O)nc4)CC3)CC2)c(-c2cnn(C)c2)cc1Nc1ncc(Br)c(Nc2ccc(-c3ccccc3)cc2P(C)(C)=O)n1. The number of piperazine rings is 1. The maximum absolute atomic E-state index is 13.6. The first-order chi connectivity index (χ1) is 33.3. The number of hydrogen-bond acceptors (Lipinski definition) is 14. The van der Waals surface area contributed by atoms with Crippen LogP contribution in [0.1, 0.15) is 36.2 Å². The zero-order chi connectivity index (χ0) is 48.2. The first-order valence-electron chi connectivity index (χ1n) is 23.1. The van der Waals surface area contributed by atoms with Gasteiger partial charge in [-0.3, -0.25) is 29.3 Å². The summed E-state index contributed by atoms with van der Waals surface area (Å²) >= 11 is 3.63. The predicted octanol–water partition coefficient (Wildman–Crippen LogP) is 7.02. The van der Waals surface area contributed by atoms with Gasteiger partial charge in [0.05, 0.1) is 41.0 Å². The van der Waals surface area contributed by atoms with E-state index < -0.39 is 25.0 Å². The van der Waals surface area contributed by atoms with Gasteiger partial charge in [0.1, 0.15) is 30.4 Å². The number of carbonyl (C=O) groups is 3. The number of imide groups is 1. The number of ether oxygens (including phenoxy) is 1. The molecule has 6 aromatic rings. The number of hydrogen-bond donors (Lipinski definition) is 4. The van der Waals surface area contributed by atoms with Gasteiger partial charge in [0.15, 0.2) is 0 Å². The van der Waals surface area contributed by atoms with E-state index in [0.29, 0.717) is 39.3 Å². The number of anilines is 6. The minimum absolute atomic E-state index is 0.193. The van der Waals surface area contributed by atoms with Crippen LogP contribution in [-0.2, 0) is 21.2 Å². The Morgan fingerprint density at radius 1 is 0.841 bits per heavy atom. The minimum atomic E-state index is -2.71. The molecule has 17 nitrogen and oxygen atoms in total. The van der Waals surface area contributed by atoms with E-state index in [1.165, 1.54) is 0 Å². The van der Waals surface area contributed by atoms with Crippen LogP contribution < -0.4 is 41.1 Å². The topological polar surface area (TPSA) is 192 Å². The number of methoxy groups -OCH3 is 1. The number of nitrogens with zero attached hydrogens (tertiary/aromatic N) is 8. The van der Waals surface area contributed by atoms with Gasteiger partial charge >= 0.3 is 0 Å². The summed E-state index contributed by atoms with van der Waals surface area (Å²) in [5, 5.41) is 17.1. The molecule has 3 fully saturated rings. The summed E-state index contributed by atoms with van der Waals surface area (Å²) in [6.07, 6.45) is 9.88. The third kappa shape index (κ3) is 11.1. The Bertz CT molecular complexity index is 2900. The van der Waals surface area contributed by atoms with E-state index in [4.69, 9.17) is 9.72 Å². The van der Waals surface area contributed by atoms with Crippen LogP contribution in [0.2, 0.25) is 0 Å². The average Bonchev–Trinajstić information content (AvgIpc) is 3.79. The molecule has 0 bridgehead atoms. The maximum Gasteiger partial charge on any atom is 0.270 e. The van der Waals surface area contributed by atoms with Gasteiger partial charge in [0, 0.05) is 99.9 Å². The highest BCUT2D eigenvalue weighted by atomic mass is 79.9. The van der Waals surface area contributed by atoms with E-state index in [-0.39, 0.29) is 24.4 Å². The summed E-state index contributed by atoms with van der Waals surface area (Å²) < 4.78 is 22.1. The Hall–Kier alpha value is -6.62. The van der Waals surface area contributed by atoms with Gasteiger partial charge in [-0.15, -0.1) is 0 Å². The zero-order valence-electron chi connectivity index (χ0n) is 39.1. The fourth-order valence-corrected chi connectivity index (χ4v) is 10.7. The molecule has 3 aliphatic rings. The van der Waals surface area contributed by atoms with Crippen molar-refractivity contribution in [3.8, 4) is 28.0 Å². The standard InChI is InChI=1S/C50H56BrN12O5P/c1-60-31-35(27-54-60)37-25-42(57-50-53-29-38(51)47(59-50)55-39-12-10-34(24-45(39)69(3,4)67)33-8-6-5-7-9-33)44(68-2)26-43(37)63-22-20-61(21-23-63)30-32-16-18-62(19-17-32)36-11-13-40(52-28-36)48(65)56-41-14-15-46(64)58-49(41)66/h5-13,24-29,31-32,41H,14-23,30H2,1-4H3,(H,56,65)(H,58,64,66)(H2,53,55,57,59). The van der Waals surface area contributed by atoms with Gasteiger partial charge in [0.25, 0.3) is 5.91 Å². The Morgan fingerprint density at radius 2 is 1.62 bits per heavy atom. The quantitative estimate of drug-likeness (QED) is 0.0643. The van der Waals surface area contributed by atoms with Gasteiger partial charge < -0.3 is 35.1 Å². The summed E-state index contributed by atoms with van der Waals surface area (Å²) in [6.45, 7) is 9.91. The van der Waals surface area contributed by atoms with Gasteiger partial charge in [-0.25, -0.2) is 9.97 Å². The van der Waals surface area contributed by atoms with E-state index in [9.17, 15) is 18.9 Å². The molecule has 0 spiro atoms. The molecule has 4 N–H and O–H groups in total. The van der Waals surface area contributed by atoms with Crippen molar-refractivity contribution >= 4 is 80.6 Å². The summed E-state index contributed by atoms with van der Waals surface area (Å²) in [5.74, 6) is 0.828. The van der Waals surface area contributed by atoms with Gasteiger partial charge in [-0.2, -0.15) is 10.1 Å². The highest BCUT2D eigenvalue weighted by Gasteiger charge is 2.30. The van der Waals surface area contributed by atoms with E-state index in [0.717, 1.165) is 97.6 Å². The van der Waals surface area contributed by atoms with Gasteiger partial charge in [-0.1, -0.05) is 36.4 Å². The predicted molar refractivity (Wildman–Crippen MR) is 274 cm³/mol. The molecule has 0 saturated carbocycles. The zero-order valence-corrected chi connectivity index (χ0v) is 41.6. The van der Waals surface area contributed by atoms with Gasteiger partial charge in [-0.05, 0) is 95.9 Å². The molecule has 358 valence electrons. The highest BCUT2D eigenvalue weighted by molar-refractivity contribution is 9.10. The van der Waals surface area contributed by atoms with Crippen molar-refractivity contribution in [2.45, 2.75) is 31.7 Å². The molecule has 0 radical (unpaired) electrons. The smallest absolute Gasteiger partial charge is 0.270 e. The largest absolute Gasteiger partial charge is 0.494 e. The Morgan fingerprint density at radius 3 is 2.30 bits per heavy atom. The molecular weight excluding hydrogens is 960 g/mol. The second-order valence-electron chi connectivity index (χ2n) is 18.2. The lowest BCUT2D eigenvalue weighted by molar-refractivity contribution is -0.134. The fraction of sp³-hybridized carbons (Fsp3) is 0.340. The van der Waals surface area contributed by atoms with Gasteiger partial charge in [0.2, 0.25) is 17.8 Å². The number of benzene rings is 3. The second kappa shape index (κ2) is 20.5. The molecule has 69 heavy (non-hydrogen) atoms. The lowest BCUT2D eigenvalue weighted by Gasteiger charge is -2.40. The van der Waals surface area contributed by atoms with Crippen molar-refractivity contribution in [1.29, 1.82) is 0 Å². The first kappa shape index (κ1) is 47.4. The van der Waals surface area contributed by atoms with E-state index in [2.05, 4.69) is 79.1 Å². The molecule has 3 aromatic carbocycles. The number of halogens is 1. The summed E-state index contributed by atoms with van der Waals surface area (Å²) in [7, 11) is 0.871. The normalized spacial score (nSPS) is 17.1. The Labute approximate surface area is 409 Å². The molecule has 19 heteroatoms. The summed E-state index contributed by atoms with van der Waals surface area (Å²) in [6, 6.07) is 23.0. The number of rotatable bonds is 14. The molecule has 3 aliphatic heterocycles. The van der Waals surface area contributed by atoms with Crippen LogP contribution in [0, 0.1) is 5.92 Å². The van der Waals surface area contributed by atoms with Crippen LogP contribution >= 0.6 is 23.1 Å². The van der Waals surface area contributed by atoms with Crippen molar-refractivity contribution in [1.82, 2.24) is 40.3 Å². The number of pyridine rings is 1. The van der Waals surface area contributed by atoms with Crippen molar-refractivity contribution in [2.75, 3.05) is 86.7 Å². The third-order valence-electron chi connectivity index (χ3n) is 13.0. The van der Waals surface area contributed by atoms with Crippen molar-refractivity contribution in [2.24, 2.45) is 13.0 Å². The van der Waals surface area contributed by atoms with Crippen LogP contribution in [0.5, 0.6) is 5.75 Å². The van der Waals surface area contributed by atoms with Crippen LogP contribution in [0.15, 0.2) is 102 Å². The molecule has 1 atom stereocenters. The van der Waals surface area contributed by atoms with Crippen molar-refractivity contribution in [3.05, 3.63) is 108 Å². The summed E-state index contributed by atoms with van der Waals surface area (Å²) in [5.41, 5.74) is 7.67. The molecule has 1 unspecified atom stereocenters. The molecule has 0 aliphatic carbocycles.